The van der Waals surface area contributed by atoms with Crippen molar-refractivity contribution in [1.82, 2.24) is 9.97 Å². The number of fused-ring (bicyclic) bond motifs is 3. The molecule has 8 heteroatoms. The summed E-state index contributed by atoms with van der Waals surface area (Å²) in [6, 6.07) is 21.0. The second kappa shape index (κ2) is 7.06. The van der Waals surface area contributed by atoms with Gasteiger partial charge in [0.05, 0.1) is 11.5 Å². The average molecular weight is 413 g/mol. The first-order valence-corrected chi connectivity index (χ1v) is 9.98. The topological polar surface area (TPSA) is 117 Å². The van der Waals surface area contributed by atoms with Crippen LogP contribution in [-0.2, 0) is 0 Å². The molecule has 0 radical (unpaired) electrons. The maximum atomic E-state index is 13.0. The molecule has 0 fully saturated rings. The summed E-state index contributed by atoms with van der Waals surface area (Å²) in [5.74, 6) is -0.268. The second-order valence-corrected chi connectivity index (χ2v) is 7.72. The fourth-order valence-corrected chi connectivity index (χ4v) is 4.51. The van der Waals surface area contributed by atoms with E-state index in [1.165, 1.54) is 11.3 Å². The highest BCUT2D eigenvalue weighted by atomic mass is 32.1. The summed E-state index contributed by atoms with van der Waals surface area (Å²) >= 11 is 1.35. The van der Waals surface area contributed by atoms with Crippen molar-refractivity contribution in [2.45, 2.75) is 5.92 Å². The lowest BCUT2D eigenvalue weighted by molar-refractivity contribution is 0.397. The van der Waals surface area contributed by atoms with Crippen LogP contribution in [0.5, 0.6) is 5.75 Å². The normalized spacial score (nSPS) is 15.4. The van der Waals surface area contributed by atoms with Gasteiger partial charge in [0.1, 0.15) is 16.3 Å². The molecule has 1 unspecified atom stereocenters. The monoisotopic (exact) mass is 413 g/mol. The standard InChI is InChI=1S/C22H15N5O2S/c23-11-14-15(12-7-3-1-4-8-12)16-17(29-19(14)24)18-20(26-21(16)28)27-22(30-18)25-13-9-5-2-6-10-13/h1-10,15H,24H2,(H2,25,26,27,28). The Morgan fingerprint density at radius 3 is 2.53 bits per heavy atom. The Balaban J connectivity index is 1.70. The van der Waals surface area contributed by atoms with Crippen LogP contribution in [-0.4, -0.2) is 9.97 Å². The van der Waals surface area contributed by atoms with Gasteiger partial charge in [-0.3, -0.25) is 4.79 Å². The fraction of sp³-hybridized carbons (Fsp3) is 0.0455. The van der Waals surface area contributed by atoms with Gasteiger partial charge >= 0.3 is 0 Å². The van der Waals surface area contributed by atoms with Crippen molar-refractivity contribution in [3.63, 3.8) is 0 Å². The van der Waals surface area contributed by atoms with Gasteiger partial charge in [0, 0.05) is 5.69 Å². The molecule has 1 aliphatic heterocycles. The summed E-state index contributed by atoms with van der Waals surface area (Å²) in [5, 5.41) is 13.5. The van der Waals surface area contributed by atoms with Gasteiger partial charge in [-0.2, -0.15) is 5.26 Å². The Bertz CT molecular complexity index is 1380. The molecule has 30 heavy (non-hydrogen) atoms. The van der Waals surface area contributed by atoms with Crippen molar-refractivity contribution in [2.75, 3.05) is 5.32 Å². The molecule has 0 amide bonds. The van der Waals surface area contributed by atoms with Crippen LogP contribution in [0.3, 0.4) is 0 Å². The maximum Gasteiger partial charge on any atom is 0.257 e. The van der Waals surface area contributed by atoms with Crippen LogP contribution >= 0.6 is 11.3 Å². The first-order chi connectivity index (χ1) is 14.7. The van der Waals surface area contributed by atoms with Gasteiger partial charge < -0.3 is 20.8 Å². The predicted octanol–water partition coefficient (Wildman–Crippen LogP) is 3.95. The molecule has 1 aliphatic rings. The van der Waals surface area contributed by atoms with Crippen LogP contribution in [0.1, 0.15) is 17.0 Å². The lowest BCUT2D eigenvalue weighted by atomic mass is 9.84. The largest absolute Gasteiger partial charge is 0.438 e. The summed E-state index contributed by atoms with van der Waals surface area (Å²) in [5.41, 5.74) is 8.38. The number of ether oxygens (including phenoxy) is 1. The first kappa shape index (κ1) is 18.0. The maximum absolute atomic E-state index is 13.0. The highest BCUT2D eigenvalue weighted by Gasteiger charge is 2.35. The second-order valence-electron chi connectivity index (χ2n) is 6.72. The number of pyridine rings is 1. The number of hydrogen-bond acceptors (Lipinski definition) is 7. The van der Waals surface area contributed by atoms with Crippen LogP contribution < -0.4 is 21.3 Å². The molecule has 4 N–H and O–H groups in total. The summed E-state index contributed by atoms with van der Waals surface area (Å²) in [6.07, 6.45) is 0. The molecule has 0 aliphatic carbocycles. The molecule has 7 nitrogen and oxygen atoms in total. The van der Waals surface area contributed by atoms with Gasteiger partial charge in [0.2, 0.25) is 5.88 Å². The molecular formula is C22H15N5O2S. The van der Waals surface area contributed by atoms with Crippen molar-refractivity contribution >= 4 is 32.5 Å². The number of aromatic nitrogens is 2. The molecule has 2 aromatic carbocycles. The zero-order valence-electron chi connectivity index (χ0n) is 15.5. The Morgan fingerprint density at radius 1 is 1.13 bits per heavy atom. The van der Waals surface area contributed by atoms with E-state index < -0.39 is 5.92 Å². The van der Waals surface area contributed by atoms with Crippen LogP contribution in [0, 0.1) is 11.3 Å². The molecule has 5 rings (SSSR count). The number of benzene rings is 2. The minimum Gasteiger partial charge on any atom is -0.438 e. The quantitative estimate of drug-likeness (QED) is 0.468. The van der Waals surface area contributed by atoms with Gasteiger partial charge in [0.25, 0.3) is 5.56 Å². The third kappa shape index (κ3) is 2.89. The molecule has 0 bridgehead atoms. The highest BCUT2D eigenvalue weighted by molar-refractivity contribution is 7.22. The third-order valence-electron chi connectivity index (χ3n) is 4.89. The van der Waals surface area contributed by atoms with Gasteiger partial charge in [-0.1, -0.05) is 59.9 Å². The molecule has 1 atom stereocenters. The van der Waals surface area contributed by atoms with Crippen LogP contribution in [0.25, 0.3) is 10.3 Å². The number of nitrogens with zero attached hydrogens (tertiary/aromatic N) is 2. The lowest BCUT2D eigenvalue weighted by Gasteiger charge is -2.25. The number of H-pyrrole nitrogens is 1. The van der Waals surface area contributed by atoms with Crippen molar-refractivity contribution in [1.29, 1.82) is 5.26 Å². The van der Waals surface area contributed by atoms with Crippen molar-refractivity contribution in [3.8, 4) is 11.8 Å². The summed E-state index contributed by atoms with van der Waals surface area (Å²) in [6.45, 7) is 0. The molecule has 4 aromatic rings. The molecular weight excluding hydrogens is 398 g/mol. The number of para-hydroxylation sites is 1. The van der Waals surface area contributed by atoms with Crippen molar-refractivity contribution in [3.05, 3.63) is 93.6 Å². The van der Waals surface area contributed by atoms with Crippen LogP contribution in [0.4, 0.5) is 10.8 Å². The predicted molar refractivity (Wildman–Crippen MR) is 116 cm³/mol. The molecule has 0 saturated heterocycles. The van der Waals surface area contributed by atoms with Crippen LogP contribution in [0.15, 0.2) is 76.9 Å². The summed E-state index contributed by atoms with van der Waals surface area (Å²) in [4.78, 5) is 20.4. The zero-order chi connectivity index (χ0) is 20.7. The minimum atomic E-state index is -0.610. The Morgan fingerprint density at radius 2 is 1.83 bits per heavy atom. The number of anilines is 2. The zero-order valence-corrected chi connectivity index (χ0v) is 16.4. The highest BCUT2D eigenvalue weighted by Crippen LogP contribution is 2.45. The van der Waals surface area contributed by atoms with E-state index in [0.717, 1.165) is 11.3 Å². The van der Waals surface area contributed by atoms with Gasteiger partial charge in [-0.25, -0.2) is 4.98 Å². The van der Waals surface area contributed by atoms with Crippen LogP contribution in [0.2, 0.25) is 0 Å². The number of allylic oxidation sites excluding steroid dienone is 1. The Kier molecular flexibility index (Phi) is 4.23. The molecule has 146 valence electrons. The van der Waals surface area contributed by atoms with E-state index in [4.69, 9.17) is 10.5 Å². The minimum absolute atomic E-state index is 0.00304. The van der Waals surface area contributed by atoms with E-state index in [1.807, 2.05) is 60.7 Å². The molecule has 2 aromatic heterocycles. The van der Waals surface area contributed by atoms with Gasteiger partial charge in [-0.15, -0.1) is 0 Å². The number of rotatable bonds is 3. The summed E-state index contributed by atoms with van der Waals surface area (Å²) < 4.78 is 6.46. The number of nitrogens with one attached hydrogen (secondary N) is 2. The summed E-state index contributed by atoms with van der Waals surface area (Å²) in [7, 11) is 0. The average Bonchev–Trinajstić information content (AvgIpc) is 3.16. The van der Waals surface area contributed by atoms with Gasteiger partial charge in [0.15, 0.2) is 16.5 Å². The van der Waals surface area contributed by atoms with Gasteiger partial charge in [-0.05, 0) is 17.7 Å². The number of thiazole rings is 1. The number of nitrogens with two attached hydrogens (primary N) is 1. The Hall–Kier alpha value is -4.09. The number of nitriles is 1. The molecule has 0 saturated carbocycles. The van der Waals surface area contributed by atoms with Crippen molar-refractivity contribution < 1.29 is 4.74 Å². The molecule has 0 spiro atoms. The molecule has 3 heterocycles. The van der Waals surface area contributed by atoms with E-state index in [1.54, 1.807) is 0 Å². The van der Waals surface area contributed by atoms with Crippen molar-refractivity contribution in [2.24, 2.45) is 5.73 Å². The number of hydrogen-bond donors (Lipinski definition) is 3. The van der Waals surface area contributed by atoms with E-state index in [0.29, 0.717) is 26.8 Å². The lowest BCUT2D eigenvalue weighted by Crippen LogP contribution is -2.27. The first-order valence-electron chi connectivity index (χ1n) is 9.17. The Labute approximate surface area is 175 Å². The smallest absolute Gasteiger partial charge is 0.257 e. The SMILES string of the molecule is N#CC1=C(N)Oc2c(c(=O)[nH]c3nc(Nc4ccccc4)sc23)C1c1ccccc1. The fourth-order valence-electron chi connectivity index (χ4n) is 3.57. The van der Waals surface area contributed by atoms with E-state index >= 15 is 0 Å². The van der Waals surface area contributed by atoms with E-state index in [9.17, 15) is 10.1 Å². The van der Waals surface area contributed by atoms with E-state index in [-0.39, 0.29) is 17.0 Å². The van der Waals surface area contributed by atoms with E-state index in [2.05, 4.69) is 21.4 Å². The third-order valence-corrected chi connectivity index (χ3v) is 5.86. The number of aromatic amines is 1.